The van der Waals surface area contributed by atoms with Gasteiger partial charge in [0, 0.05) is 17.6 Å². The number of amides is 1. The Morgan fingerprint density at radius 3 is 2.43 bits per heavy atom. The molecule has 3 heterocycles. The number of furan rings is 1. The van der Waals surface area contributed by atoms with Crippen molar-refractivity contribution in [2.75, 3.05) is 13.7 Å². The van der Waals surface area contributed by atoms with Crippen molar-refractivity contribution < 1.29 is 18.7 Å². The van der Waals surface area contributed by atoms with Crippen LogP contribution < -0.4 is 0 Å². The van der Waals surface area contributed by atoms with Gasteiger partial charge in [-0.15, -0.1) is 0 Å². The van der Waals surface area contributed by atoms with Crippen LogP contribution in [0.15, 0.2) is 22.7 Å². The minimum Gasteiger partial charge on any atom is -0.468 e. The van der Waals surface area contributed by atoms with E-state index in [1.165, 1.54) is 12.0 Å². The summed E-state index contributed by atoms with van der Waals surface area (Å²) in [7, 11) is 1.31. The molecule has 0 aliphatic rings. The molecular weight excluding hydrogens is 384 g/mol. The van der Waals surface area contributed by atoms with E-state index in [0.29, 0.717) is 22.3 Å². The van der Waals surface area contributed by atoms with E-state index in [4.69, 9.17) is 14.1 Å². The van der Waals surface area contributed by atoms with Crippen molar-refractivity contribution in [3.05, 3.63) is 35.4 Å². The topological polar surface area (TPSA) is 90.5 Å². The number of hydrogen-bond donors (Lipinski definition) is 0. The highest BCUT2D eigenvalue weighted by Gasteiger charge is 2.26. The van der Waals surface area contributed by atoms with E-state index < -0.39 is 5.97 Å². The van der Waals surface area contributed by atoms with Crippen LogP contribution >= 0.6 is 0 Å². The van der Waals surface area contributed by atoms with Gasteiger partial charge in [0.1, 0.15) is 18.1 Å². The number of methoxy groups -OCH3 is 1. The quantitative estimate of drug-likeness (QED) is 0.570. The number of aryl methyl sites for hydroxylation is 2. The number of carbonyl (C=O) groups excluding carboxylic acids is 2. The first-order valence-electron chi connectivity index (χ1n) is 9.97. The number of carbonyl (C=O) groups is 2. The Hall–Kier alpha value is -3.16. The zero-order chi connectivity index (χ0) is 22.2. The van der Waals surface area contributed by atoms with Crippen LogP contribution in [0.4, 0.5) is 0 Å². The number of aromatic nitrogens is 3. The fourth-order valence-electron chi connectivity index (χ4n) is 3.44. The van der Waals surface area contributed by atoms with Gasteiger partial charge < -0.3 is 14.1 Å². The number of ether oxygens (including phenoxy) is 1. The second-order valence-corrected chi connectivity index (χ2v) is 7.91. The lowest BCUT2D eigenvalue weighted by atomic mass is 10.1. The minimum absolute atomic E-state index is 0.0663. The van der Waals surface area contributed by atoms with Crippen LogP contribution in [-0.2, 0) is 9.53 Å². The highest BCUT2D eigenvalue weighted by Crippen LogP contribution is 2.30. The lowest BCUT2D eigenvalue weighted by Crippen LogP contribution is -2.41. The van der Waals surface area contributed by atoms with Gasteiger partial charge >= 0.3 is 5.97 Å². The minimum atomic E-state index is -0.471. The summed E-state index contributed by atoms with van der Waals surface area (Å²) in [5, 5.41) is 5.09. The van der Waals surface area contributed by atoms with Crippen LogP contribution in [0.25, 0.3) is 22.3 Å². The fourth-order valence-corrected chi connectivity index (χ4v) is 3.44. The first-order chi connectivity index (χ1) is 14.1. The summed E-state index contributed by atoms with van der Waals surface area (Å²) in [6.45, 7) is 11.3. The summed E-state index contributed by atoms with van der Waals surface area (Å²) >= 11 is 0. The first-order valence-corrected chi connectivity index (χ1v) is 9.97. The Labute approximate surface area is 175 Å². The number of nitrogens with zero attached hydrogens (tertiary/aromatic N) is 4. The average Bonchev–Trinajstić information content (AvgIpc) is 3.26. The number of esters is 1. The van der Waals surface area contributed by atoms with Gasteiger partial charge in [-0.3, -0.25) is 9.59 Å². The van der Waals surface area contributed by atoms with Gasteiger partial charge in [-0.25, -0.2) is 9.67 Å². The smallest absolute Gasteiger partial charge is 0.325 e. The van der Waals surface area contributed by atoms with Gasteiger partial charge in [-0.1, -0.05) is 0 Å². The normalized spacial score (nSPS) is 11.5. The summed E-state index contributed by atoms with van der Waals surface area (Å²) in [5.74, 6) is 0.750. The van der Waals surface area contributed by atoms with Gasteiger partial charge in [0.2, 0.25) is 0 Å². The van der Waals surface area contributed by atoms with Gasteiger partial charge in [-0.05, 0) is 53.7 Å². The summed E-state index contributed by atoms with van der Waals surface area (Å²) in [6, 6.07) is 3.53. The van der Waals surface area contributed by atoms with Crippen LogP contribution in [0.3, 0.4) is 0 Å². The molecule has 0 aliphatic heterocycles. The van der Waals surface area contributed by atoms with Gasteiger partial charge in [0.25, 0.3) is 5.91 Å². The van der Waals surface area contributed by atoms with Crippen molar-refractivity contribution in [1.82, 2.24) is 19.7 Å². The first kappa shape index (κ1) is 21.5. The zero-order valence-corrected chi connectivity index (χ0v) is 18.5. The molecule has 8 nitrogen and oxygen atoms in total. The summed E-state index contributed by atoms with van der Waals surface area (Å²) in [4.78, 5) is 31.7. The van der Waals surface area contributed by atoms with E-state index in [2.05, 4.69) is 5.10 Å². The monoisotopic (exact) mass is 412 g/mol. The predicted molar refractivity (Wildman–Crippen MR) is 113 cm³/mol. The Balaban J connectivity index is 2.23. The van der Waals surface area contributed by atoms with Crippen molar-refractivity contribution in [1.29, 1.82) is 0 Å². The molecule has 0 unspecified atom stereocenters. The fraction of sp³-hybridized carbons (Fsp3) is 0.455. The van der Waals surface area contributed by atoms with E-state index in [1.54, 1.807) is 16.9 Å². The SMILES string of the molecule is COC(=O)CN(C(=O)c1cc(-c2cc(C)oc2C)nc2c1cnn2C(C)C)C(C)C. The van der Waals surface area contributed by atoms with E-state index in [1.807, 2.05) is 47.6 Å². The third kappa shape index (κ3) is 3.94. The van der Waals surface area contributed by atoms with Crippen molar-refractivity contribution in [3.63, 3.8) is 0 Å². The molecule has 3 aromatic heterocycles. The Kier molecular flexibility index (Phi) is 5.96. The van der Waals surface area contributed by atoms with E-state index in [0.717, 1.165) is 17.1 Å². The van der Waals surface area contributed by atoms with Crippen LogP contribution in [0.2, 0.25) is 0 Å². The highest BCUT2D eigenvalue weighted by molar-refractivity contribution is 6.07. The number of fused-ring (bicyclic) bond motifs is 1. The van der Waals surface area contributed by atoms with E-state index >= 15 is 0 Å². The molecule has 0 radical (unpaired) electrons. The largest absolute Gasteiger partial charge is 0.468 e. The molecular formula is C22H28N4O4. The lowest BCUT2D eigenvalue weighted by molar-refractivity contribution is -0.141. The Bertz CT molecular complexity index is 1090. The molecule has 8 heteroatoms. The molecule has 3 aromatic rings. The molecule has 0 N–H and O–H groups in total. The maximum atomic E-state index is 13.5. The molecule has 0 aromatic carbocycles. The number of pyridine rings is 1. The molecule has 160 valence electrons. The van der Waals surface area contributed by atoms with Crippen LogP contribution in [-0.4, -0.2) is 51.2 Å². The molecule has 0 saturated heterocycles. The molecule has 30 heavy (non-hydrogen) atoms. The predicted octanol–water partition coefficient (Wildman–Crippen LogP) is 3.91. The average molecular weight is 412 g/mol. The molecule has 0 saturated carbocycles. The van der Waals surface area contributed by atoms with Crippen LogP contribution in [0.5, 0.6) is 0 Å². The van der Waals surface area contributed by atoms with Crippen LogP contribution in [0, 0.1) is 13.8 Å². The third-order valence-electron chi connectivity index (χ3n) is 5.01. The molecule has 0 spiro atoms. The van der Waals surface area contributed by atoms with Gasteiger partial charge in [0.05, 0.1) is 30.0 Å². The molecule has 1 amide bonds. The molecule has 0 bridgehead atoms. The van der Waals surface area contributed by atoms with Crippen molar-refractivity contribution in [3.8, 4) is 11.3 Å². The third-order valence-corrected chi connectivity index (χ3v) is 5.01. The summed E-state index contributed by atoms with van der Waals surface area (Å²) < 4.78 is 12.2. The van der Waals surface area contributed by atoms with Gasteiger partial charge in [0.15, 0.2) is 5.65 Å². The standard InChI is InChI=1S/C22H28N4O4/c1-12(2)25(11-20(27)29-7)22(28)17-9-19(16-8-14(5)30-15(16)6)24-21-18(17)10-23-26(21)13(3)4/h8-10,12-13H,11H2,1-7H3. The van der Waals surface area contributed by atoms with Crippen molar-refractivity contribution in [2.45, 2.75) is 53.6 Å². The lowest BCUT2D eigenvalue weighted by Gasteiger charge is -2.26. The van der Waals surface area contributed by atoms with E-state index in [9.17, 15) is 9.59 Å². The van der Waals surface area contributed by atoms with Crippen molar-refractivity contribution in [2.24, 2.45) is 0 Å². The number of hydrogen-bond acceptors (Lipinski definition) is 6. The second-order valence-electron chi connectivity index (χ2n) is 7.91. The van der Waals surface area contributed by atoms with E-state index in [-0.39, 0.29) is 24.5 Å². The molecule has 3 rings (SSSR count). The van der Waals surface area contributed by atoms with Crippen LogP contribution in [0.1, 0.15) is 55.6 Å². The maximum Gasteiger partial charge on any atom is 0.325 e. The zero-order valence-electron chi connectivity index (χ0n) is 18.5. The Morgan fingerprint density at radius 1 is 1.20 bits per heavy atom. The molecule has 0 fully saturated rings. The molecule has 0 aliphatic carbocycles. The van der Waals surface area contributed by atoms with Gasteiger partial charge in [-0.2, -0.15) is 5.10 Å². The maximum absolute atomic E-state index is 13.5. The molecule has 0 atom stereocenters. The summed E-state index contributed by atoms with van der Waals surface area (Å²) in [6.07, 6.45) is 1.66. The number of rotatable bonds is 6. The Morgan fingerprint density at radius 2 is 1.90 bits per heavy atom. The second kappa shape index (κ2) is 8.30. The summed E-state index contributed by atoms with van der Waals surface area (Å²) in [5.41, 5.74) is 2.51. The highest BCUT2D eigenvalue weighted by atomic mass is 16.5. The van der Waals surface area contributed by atoms with Crippen molar-refractivity contribution >= 4 is 22.9 Å².